The zero-order valence-corrected chi connectivity index (χ0v) is 13.6. The van der Waals surface area contributed by atoms with Crippen LogP contribution in [0.25, 0.3) is 0 Å². The van der Waals surface area contributed by atoms with Gasteiger partial charge < -0.3 is 14.3 Å². The molecule has 0 amide bonds. The van der Waals surface area contributed by atoms with Gasteiger partial charge in [0.05, 0.1) is 12.9 Å². The van der Waals surface area contributed by atoms with E-state index in [0.717, 1.165) is 23.5 Å². The fourth-order valence-electron chi connectivity index (χ4n) is 2.07. The Kier molecular flexibility index (Phi) is 7.13. The maximum Gasteiger partial charge on any atom is 0.131 e. The topological polar surface area (TPSA) is 42.6 Å². The first-order chi connectivity index (χ1) is 10.8. The number of hydrogen-bond acceptors (Lipinski definition) is 4. The molecule has 0 radical (unpaired) electrons. The van der Waals surface area contributed by atoms with E-state index in [1.165, 1.54) is 0 Å². The van der Waals surface area contributed by atoms with Gasteiger partial charge in [-0.15, -0.1) is 0 Å². The Labute approximate surface area is 136 Å². The van der Waals surface area contributed by atoms with Gasteiger partial charge in [0.15, 0.2) is 0 Å². The van der Waals surface area contributed by atoms with Gasteiger partial charge in [0.1, 0.15) is 17.6 Å². The van der Waals surface area contributed by atoms with Crippen molar-refractivity contribution in [2.24, 2.45) is 0 Å². The van der Waals surface area contributed by atoms with E-state index in [1.54, 1.807) is 18.0 Å². The molecule has 0 aliphatic carbocycles. The molecule has 22 heavy (non-hydrogen) atoms. The lowest BCUT2D eigenvalue weighted by Gasteiger charge is -2.15. The summed E-state index contributed by atoms with van der Waals surface area (Å²) >= 11 is 1.56. The molecular formula is C18H22O3S. The van der Waals surface area contributed by atoms with Crippen LogP contribution in [0.1, 0.15) is 25.5 Å². The van der Waals surface area contributed by atoms with Crippen LogP contribution in [0.15, 0.2) is 69.2 Å². The Balaban J connectivity index is 1.85. The molecule has 4 heteroatoms. The molecule has 3 nitrogen and oxygen atoms in total. The van der Waals surface area contributed by atoms with Crippen molar-refractivity contribution in [1.82, 2.24) is 0 Å². The van der Waals surface area contributed by atoms with E-state index in [1.807, 2.05) is 54.8 Å². The van der Waals surface area contributed by atoms with Crippen molar-refractivity contribution in [3.63, 3.8) is 0 Å². The molecule has 0 spiro atoms. The van der Waals surface area contributed by atoms with Crippen LogP contribution >= 0.6 is 11.8 Å². The van der Waals surface area contributed by atoms with Gasteiger partial charge in [0, 0.05) is 16.7 Å². The molecule has 1 aromatic carbocycles. The minimum atomic E-state index is -0.578. The minimum Gasteiger partial charge on any atom is -0.495 e. The summed E-state index contributed by atoms with van der Waals surface area (Å²) in [7, 11) is 0. The summed E-state index contributed by atoms with van der Waals surface area (Å²) in [5, 5.41) is 12.2. The summed E-state index contributed by atoms with van der Waals surface area (Å²) in [5.74, 6) is 1.59. The fraction of sp³-hybridized carbons (Fsp3) is 0.333. The second-order valence-electron chi connectivity index (χ2n) is 4.87. The average Bonchev–Trinajstić information content (AvgIpc) is 3.05. The van der Waals surface area contributed by atoms with E-state index in [0.29, 0.717) is 18.8 Å². The van der Waals surface area contributed by atoms with E-state index >= 15 is 0 Å². The summed E-state index contributed by atoms with van der Waals surface area (Å²) in [6.07, 6.45) is 3.44. The van der Waals surface area contributed by atoms with Crippen LogP contribution in [-0.2, 0) is 11.2 Å². The Morgan fingerprint density at radius 2 is 2.09 bits per heavy atom. The Hall–Kier alpha value is -1.65. The highest BCUT2D eigenvalue weighted by molar-refractivity contribution is 8.02. The van der Waals surface area contributed by atoms with Crippen molar-refractivity contribution in [3.05, 3.63) is 65.7 Å². The zero-order valence-electron chi connectivity index (χ0n) is 12.8. The molecule has 1 N–H and O–H groups in total. The van der Waals surface area contributed by atoms with Gasteiger partial charge >= 0.3 is 0 Å². The number of aliphatic hydroxyl groups excluding tert-OH is 1. The van der Waals surface area contributed by atoms with Crippen LogP contribution in [-0.4, -0.2) is 17.8 Å². The molecule has 1 heterocycles. The highest BCUT2D eigenvalue weighted by Crippen LogP contribution is 2.23. The number of hydrogen-bond donors (Lipinski definition) is 1. The molecule has 118 valence electrons. The smallest absolute Gasteiger partial charge is 0.131 e. The predicted octanol–water partition coefficient (Wildman–Crippen LogP) is 4.63. The predicted molar refractivity (Wildman–Crippen MR) is 89.7 cm³/mol. The Morgan fingerprint density at radius 1 is 1.27 bits per heavy atom. The van der Waals surface area contributed by atoms with Crippen molar-refractivity contribution in [1.29, 1.82) is 0 Å². The number of thioether (sulfide) groups is 1. The lowest BCUT2D eigenvalue weighted by atomic mass is 10.1. The fourth-order valence-corrected chi connectivity index (χ4v) is 2.86. The first kappa shape index (κ1) is 16.7. The number of aliphatic hydroxyl groups is 1. The van der Waals surface area contributed by atoms with Crippen LogP contribution in [0.3, 0.4) is 0 Å². The normalized spacial score (nSPS) is 13.1. The monoisotopic (exact) mass is 318 g/mol. The van der Waals surface area contributed by atoms with Crippen molar-refractivity contribution in [2.75, 3.05) is 6.61 Å². The maximum absolute atomic E-state index is 10.3. The van der Waals surface area contributed by atoms with Crippen LogP contribution in [0.2, 0.25) is 0 Å². The molecule has 0 aliphatic heterocycles. The van der Waals surface area contributed by atoms with Crippen molar-refractivity contribution >= 4 is 11.8 Å². The molecular weight excluding hydrogens is 296 g/mol. The van der Waals surface area contributed by atoms with Crippen LogP contribution in [0, 0.1) is 0 Å². The number of ether oxygens (including phenoxy) is 1. The third-order valence-electron chi connectivity index (χ3n) is 3.17. The molecule has 0 aliphatic rings. The average molecular weight is 318 g/mol. The second kappa shape index (κ2) is 9.38. The second-order valence-corrected chi connectivity index (χ2v) is 5.81. The number of rotatable bonds is 9. The SMILES string of the molecule is CCO/C(=C\Sc1ccccc1)C(O)CCCc1ccco1. The van der Waals surface area contributed by atoms with Gasteiger partial charge in [-0.1, -0.05) is 30.0 Å². The van der Waals surface area contributed by atoms with E-state index < -0.39 is 6.10 Å². The summed E-state index contributed by atoms with van der Waals surface area (Å²) < 4.78 is 10.9. The third kappa shape index (κ3) is 5.62. The summed E-state index contributed by atoms with van der Waals surface area (Å²) in [6, 6.07) is 13.9. The van der Waals surface area contributed by atoms with Crippen molar-refractivity contribution < 1.29 is 14.3 Å². The standard InChI is InChI=1S/C18H22O3S/c1-2-20-18(14-22-16-10-4-3-5-11-16)17(19)12-6-8-15-9-7-13-21-15/h3-5,7,9-11,13-14,17,19H,2,6,8,12H2,1H3/b18-14-. The maximum atomic E-state index is 10.3. The van der Waals surface area contributed by atoms with Crippen LogP contribution in [0.5, 0.6) is 0 Å². The first-order valence-electron chi connectivity index (χ1n) is 7.54. The molecule has 1 aromatic heterocycles. The largest absolute Gasteiger partial charge is 0.495 e. The number of benzene rings is 1. The Morgan fingerprint density at radius 3 is 2.77 bits per heavy atom. The van der Waals surface area contributed by atoms with Gasteiger partial charge in [-0.25, -0.2) is 0 Å². The lowest BCUT2D eigenvalue weighted by molar-refractivity contribution is 0.101. The van der Waals surface area contributed by atoms with Gasteiger partial charge in [-0.3, -0.25) is 0 Å². The van der Waals surface area contributed by atoms with Crippen LogP contribution < -0.4 is 0 Å². The first-order valence-corrected chi connectivity index (χ1v) is 8.42. The van der Waals surface area contributed by atoms with Crippen molar-refractivity contribution in [2.45, 2.75) is 37.2 Å². The van der Waals surface area contributed by atoms with E-state index in [9.17, 15) is 5.11 Å². The van der Waals surface area contributed by atoms with Crippen LogP contribution in [0.4, 0.5) is 0 Å². The lowest BCUT2D eigenvalue weighted by Crippen LogP contribution is -2.13. The van der Waals surface area contributed by atoms with Gasteiger partial charge in [-0.05, 0) is 44.0 Å². The van der Waals surface area contributed by atoms with Gasteiger partial charge in [0.25, 0.3) is 0 Å². The zero-order chi connectivity index (χ0) is 15.6. The number of aryl methyl sites for hydroxylation is 1. The highest BCUT2D eigenvalue weighted by Gasteiger charge is 2.12. The molecule has 0 bridgehead atoms. The quantitative estimate of drug-likeness (QED) is 0.540. The molecule has 0 fully saturated rings. The number of furan rings is 1. The van der Waals surface area contributed by atoms with Gasteiger partial charge in [-0.2, -0.15) is 0 Å². The summed E-state index contributed by atoms with van der Waals surface area (Å²) in [5.41, 5.74) is 0. The summed E-state index contributed by atoms with van der Waals surface area (Å²) in [4.78, 5) is 1.13. The molecule has 0 saturated carbocycles. The third-order valence-corrected chi connectivity index (χ3v) is 4.07. The van der Waals surface area contributed by atoms with E-state index in [-0.39, 0.29) is 0 Å². The Bertz CT molecular complexity index is 549. The molecule has 2 rings (SSSR count). The minimum absolute atomic E-state index is 0.552. The van der Waals surface area contributed by atoms with E-state index in [4.69, 9.17) is 9.15 Å². The van der Waals surface area contributed by atoms with Crippen molar-refractivity contribution in [3.8, 4) is 0 Å². The van der Waals surface area contributed by atoms with Gasteiger partial charge in [0.2, 0.25) is 0 Å². The molecule has 1 atom stereocenters. The highest BCUT2D eigenvalue weighted by atomic mass is 32.2. The van der Waals surface area contributed by atoms with E-state index in [2.05, 4.69) is 0 Å². The summed E-state index contributed by atoms with van der Waals surface area (Å²) in [6.45, 7) is 2.48. The molecule has 1 unspecified atom stereocenters. The molecule has 0 saturated heterocycles. The molecule has 2 aromatic rings.